The molecule has 0 aliphatic heterocycles. The van der Waals surface area contributed by atoms with Crippen LogP contribution in [0, 0.1) is 12.7 Å². The molecule has 9 heteroatoms. The zero-order chi connectivity index (χ0) is 23.2. The van der Waals surface area contributed by atoms with Crippen molar-refractivity contribution in [2.24, 2.45) is 0 Å². The summed E-state index contributed by atoms with van der Waals surface area (Å²) in [6.45, 7) is 7.30. The third-order valence-electron chi connectivity index (χ3n) is 5.51. The van der Waals surface area contributed by atoms with Crippen LogP contribution in [0.1, 0.15) is 43.8 Å². The number of benzene rings is 2. The summed E-state index contributed by atoms with van der Waals surface area (Å²) in [5.74, 6) is -0.710. The summed E-state index contributed by atoms with van der Waals surface area (Å²) in [6, 6.07) is 9.92. The molecule has 0 saturated carbocycles. The van der Waals surface area contributed by atoms with Gasteiger partial charge in [0.15, 0.2) is 5.82 Å². The second-order valence-electron chi connectivity index (χ2n) is 7.91. The smallest absolute Gasteiger partial charge is 0.350 e. The van der Waals surface area contributed by atoms with Gasteiger partial charge in [0.2, 0.25) is 0 Å². The second kappa shape index (κ2) is 8.16. The van der Waals surface area contributed by atoms with Gasteiger partial charge in [-0.1, -0.05) is 32.0 Å². The fourth-order valence-corrected chi connectivity index (χ4v) is 3.85. The average Bonchev–Trinajstić information content (AvgIpc) is 3.09. The Bertz CT molecular complexity index is 1450. The molecule has 0 saturated heterocycles. The van der Waals surface area contributed by atoms with E-state index in [1.807, 2.05) is 39.0 Å². The van der Waals surface area contributed by atoms with E-state index < -0.39 is 23.7 Å². The number of halogens is 1. The van der Waals surface area contributed by atoms with Crippen molar-refractivity contribution in [2.45, 2.75) is 46.8 Å². The van der Waals surface area contributed by atoms with E-state index >= 15 is 4.39 Å². The highest BCUT2D eigenvalue weighted by atomic mass is 19.1. The molecule has 0 atom stereocenters. The van der Waals surface area contributed by atoms with Crippen molar-refractivity contribution in [1.29, 1.82) is 0 Å². The molecule has 0 fully saturated rings. The van der Waals surface area contributed by atoms with Crippen LogP contribution in [-0.2, 0) is 13.2 Å². The third kappa shape index (κ3) is 3.34. The maximum absolute atomic E-state index is 15.2. The summed E-state index contributed by atoms with van der Waals surface area (Å²) >= 11 is 0. The van der Waals surface area contributed by atoms with Gasteiger partial charge in [-0.15, -0.1) is 5.10 Å². The van der Waals surface area contributed by atoms with Crippen molar-refractivity contribution in [3.05, 3.63) is 80.1 Å². The minimum Gasteiger partial charge on any atom is -0.388 e. The molecule has 1 N–H and O–H groups in total. The lowest BCUT2D eigenvalue weighted by molar-refractivity contribution is 0.264. The monoisotopic (exact) mass is 437 g/mol. The van der Waals surface area contributed by atoms with Gasteiger partial charge in [-0.05, 0) is 43.5 Å². The van der Waals surface area contributed by atoms with Crippen LogP contribution in [0.25, 0.3) is 22.1 Å². The number of aliphatic hydroxyl groups excluding tert-OH is 1. The van der Waals surface area contributed by atoms with E-state index in [9.17, 15) is 14.7 Å². The van der Waals surface area contributed by atoms with Crippen LogP contribution in [0.15, 0.2) is 46.0 Å². The molecule has 0 bridgehead atoms. The minimum atomic E-state index is -0.765. The van der Waals surface area contributed by atoms with Gasteiger partial charge >= 0.3 is 5.69 Å². The fourth-order valence-electron chi connectivity index (χ4n) is 3.85. The Morgan fingerprint density at radius 2 is 1.75 bits per heavy atom. The van der Waals surface area contributed by atoms with Gasteiger partial charge in [-0.25, -0.2) is 9.18 Å². The van der Waals surface area contributed by atoms with Gasteiger partial charge < -0.3 is 5.11 Å². The molecule has 0 aliphatic rings. The normalized spacial score (nSPS) is 11.6. The quantitative estimate of drug-likeness (QED) is 0.518. The first-order valence-electron chi connectivity index (χ1n) is 10.4. The maximum atomic E-state index is 15.2. The summed E-state index contributed by atoms with van der Waals surface area (Å²) in [5.41, 5.74) is 0.960. The maximum Gasteiger partial charge on any atom is 0.350 e. The van der Waals surface area contributed by atoms with Gasteiger partial charge in [0.05, 0.1) is 16.8 Å². The van der Waals surface area contributed by atoms with E-state index in [0.29, 0.717) is 16.8 Å². The number of para-hydroxylation sites is 1. The van der Waals surface area contributed by atoms with Crippen LogP contribution < -0.4 is 11.2 Å². The van der Waals surface area contributed by atoms with Gasteiger partial charge in [-0.3, -0.25) is 9.36 Å². The number of hydrogen-bond acceptors (Lipinski definition) is 5. The minimum absolute atomic E-state index is 0.0791. The van der Waals surface area contributed by atoms with Crippen molar-refractivity contribution in [3.63, 3.8) is 0 Å². The molecule has 2 heterocycles. The lowest BCUT2D eigenvalue weighted by Gasteiger charge is -2.15. The SMILES string of the molecule is CCn1c(CO)nn(-c2cc3c(C(C)C)nn(-c4ccccc4C)c(=O)c3cc2F)c1=O. The first-order chi connectivity index (χ1) is 15.3. The standard InChI is InChI=1S/C23H24FN5O3/c1-5-27-20(12-30)25-29(23(27)32)19-11-15-16(10-17(19)24)22(31)28(26-21(15)13(2)3)18-9-7-6-8-14(18)4/h6-11,13,30H,5,12H2,1-4H3. The highest BCUT2D eigenvalue weighted by molar-refractivity contribution is 5.86. The number of aryl methyl sites for hydroxylation is 1. The van der Waals surface area contributed by atoms with Crippen molar-refractivity contribution < 1.29 is 9.50 Å². The molecule has 32 heavy (non-hydrogen) atoms. The summed E-state index contributed by atoms with van der Waals surface area (Å²) in [5, 5.41) is 18.8. The molecule has 4 rings (SSSR count). The van der Waals surface area contributed by atoms with E-state index in [1.165, 1.54) is 15.3 Å². The van der Waals surface area contributed by atoms with E-state index in [-0.39, 0.29) is 29.4 Å². The fraction of sp³-hybridized carbons (Fsp3) is 0.304. The van der Waals surface area contributed by atoms with Gasteiger partial charge in [0.1, 0.15) is 18.1 Å². The van der Waals surface area contributed by atoms with Gasteiger partial charge in [0, 0.05) is 11.9 Å². The Kier molecular flexibility index (Phi) is 5.52. The predicted molar refractivity (Wildman–Crippen MR) is 119 cm³/mol. The van der Waals surface area contributed by atoms with Crippen LogP contribution in [0.2, 0.25) is 0 Å². The van der Waals surface area contributed by atoms with Crippen molar-refractivity contribution in [2.75, 3.05) is 0 Å². The Labute approximate surface area is 183 Å². The second-order valence-corrected chi connectivity index (χ2v) is 7.91. The number of aromatic nitrogens is 5. The molecular formula is C23H24FN5O3. The Morgan fingerprint density at radius 3 is 2.34 bits per heavy atom. The topological polar surface area (TPSA) is 94.9 Å². The molecular weight excluding hydrogens is 413 g/mol. The van der Waals surface area contributed by atoms with Crippen LogP contribution >= 0.6 is 0 Å². The third-order valence-corrected chi connectivity index (χ3v) is 5.51. The summed E-state index contributed by atoms with van der Waals surface area (Å²) in [6.07, 6.45) is 0. The molecule has 0 aliphatic carbocycles. The van der Waals surface area contributed by atoms with Crippen LogP contribution in [0.5, 0.6) is 0 Å². The first kappa shape index (κ1) is 21.6. The zero-order valence-corrected chi connectivity index (χ0v) is 18.3. The van der Waals surface area contributed by atoms with Crippen LogP contribution in [0.4, 0.5) is 4.39 Å². The number of fused-ring (bicyclic) bond motifs is 1. The van der Waals surface area contributed by atoms with E-state index in [0.717, 1.165) is 16.3 Å². The summed E-state index contributed by atoms with van der Waals surface area (Å²) < 4.78 is 18.7. The Morgan fingerprint density at radius 1 is 1.03 bits per heavy atom. The molecule has 0 radical (unpaired) electrons. The largest absolute Gasteiger partial charge is 0.388 e. The van der Waals surface area contributed by atoms with Gasteiger partial charge in [-0.2, -0.15) is 14.5 Å². The lowest BCUT2D eigenvalue weighted by Crippen LogP contribution is -2.26. The highest BCUT2D eigenvalue weighted by Gasteiger charge is 2.21. The molecule has 2 aromatic heterocycles. The van der Waals surface area contributed by atoms with E-state index in [4.69, 9.17) is 0 Å². The number of nitrogens with zero attached hydrogens (tertiary/aromatic N) is 5. The number of rotatable bonds is 5. The molecule has 2 aromatic carbocycles. The summed E-state index contributed by atoms with van der Waals surface area (Å²) in [4.78, 5) is 26.0. The highest BCUT2D eigenvalue weighted by Crippen LogP contribution is 2.26. The lowest BCUT2D eigenvalue weighted by atomic mass is 10.0. The van der Waals surface area contributed by atoms with Crippen molar-refractivity contribution in [1.82, 2.24) is 24.1 Å². The molecule has 0 unspecified atom stereocenters. The average molecular weight is 437 g/mol. The summed E-state index contributed by atoms with van der Waals surface area (Å²) in [7, 11) is 0. The first-order valence-corrected chi connectivity index (χ1v) is 10.4. The predicted octanol–water partition coefficient (Wildman–Crippen LogP) is 2.82. The molecule has 0 spiro atoms. The van der Waals surface area contributed by atoms with Crippen LogP contribution in [-0.4, -0.2) is 29.2 Å². The van der Waals surface area contributed by atoms with E-state index in [1.54, 1.807) is 13.0 Å². The molecule has 8 nitrogen and oxygen atoms in total. The molecule has 0 amide bonds. The Balaban J connectivity index is 2.06. The zero-order valence-electron chi connectivity index (χ0n) is 18.3. The van der Waals surface area contributed by atoms with Crippen molar-refractivity contribution >= 4 is 10.8 Å². The number of hydrogen-bond donors (Lipinski definition) is 1. The van der Waals surface area contributed by atoms with Crippen LogP contribution in [0.3, 0.4) is 0 Å². The molecule has 166 valence electrons. The molecule has 4 aromatic rings. The van der Waals surface area contributed by atoms with Gasteiger partial charge in [0.25, 0.3) is 5.56 Å². The Hall–Kier alpha value is -3.59. The van der Waals surface area contributed by atoms with E-state index in [2.05, 4.69) is 10.2 Å². The number of aliphatic hydroxyl groups is 1. The van der Waals surface area contributed by atoms with Crippen molar-refractivity contribution in [3.8, 4) is 11.4 Å².